The second kappa shape index (κ2) is 7.60. The SMILES string of the molecule is CCN1C(=O)/C(=C/c2c[nH]c3ncccc23)c2cc(S(=O)(=O)N3CCOCC3)ccc21. The number of ether oxygens (including phenoxy) is 1. The number of sulfonamides is 1. The molecule has 1 amide bonds. The Hall–Kier alpha value is -3.01. The normalized spacial score (nSPS) is 18.8. The van der Waals surface area contributed by atoms with E-state index in [9.17, 15) is 13.2 Å². The second-order valence-corrected chi connectivity index (χ2v) is 9.38. The summed E-state index contributed by atoms with van der Waals surface area (Å²) in [6.45, 7) is 3.81. The lowest BCUT2D eigenvalue weighted by Gasteiger charge is -2.26. The molecule has 4 heterocycles. The Balaban J connectivity index is 1.63. The number of morpholine rings is 1. The molecule has 1 aromatic carbocycles. The molecule has 1 saturated heterocycles. The van der Waals surface area contributed by atoms with Crippen LogP contribution in [0.25, 0.3) is 22.7 Å². The molecule has 0 radical (unpaired) electrons. The number of hydrogen-bond donors (Lipinski definition) is 1. The minimum Gasteiger partial charge on any atom is -0.379 e. The smallest absolute Gasteiger partial charge is 0.258 e. The third kappa shape index (κ3) is 3.25. The van der Waals surface area contributed by atoms with Gasteiger partial charge in [-0.1, -0.05) is 0 Å². The van der Waals surface area contributed by atoms with Gasteiger partial charge in [0.25, 0.3) is 5.91 Å². The van der Waals surface area contributed by atoms with Gasteiger partial charge in [-0.05, 0) is 43.3 Å². The molecule has 2 aliphatic heterocycles. The summed E-state index contributed by atoms with van der Waals surface area (Å²) in [6, 6.07) is 8.70. The Morgan fingerprint density at radius 1 is 1.23 bits per heavy atom. The van der Waals surface area contributed by atoms with Gasteiger partial charge in [-0.25, -0.2) is 13.4 Å². The first kappa shape index (κ1) is 19.9. The highest BCUT2D eigenvalue weighted by molar-refractivity contribution is 7.89. The molecule has 1 N–H and O–H groups in total. The number of carbonyl (C=O) groups excluding carboxylic acids is 1. The van der Waals surface area contributed by atoms with Gasteiger partial charge in [0.05, 0.1) is 23.8 Å². The summed E-state index contributed by atoms with van der Waals surface area (Å²) in [5, 5.41) is 0.899. The lowest BCUT2D eigenvalue weighted by molar-refractivity contribution is -0.112. The molecular weight excluding hydrogens is 416 g/mol. The first-order valence-electron chi connectivity index (χ1n) is 10.2. The minimum absolute atomic E-state index is 0.142. The van der Waals surface area contributed by atoms with Crippen LogP contribution in [0.3, 0.4) is 0 Å². The van der Waals surface area contributed by atoms with Crippen LogP contribution in [-0.2, 0) is 19.6 Å². The fourth-order valence-corrected chi connectivity index (χ4v) is 5.57. The predicted molar refractivity (Wildman–Crippen MR) is 118 cm³/mol. The van der Waals surface area contributed by atoms with Crippen LogP contribution in [0.1, 0.15) is 18.1 Å². The molecule has 0 aliphatic carbocycles. The molecule has 0 spiro atoms. The van der Waals surface area contributed by atoms with E-state index in [1.54, 1.807) is 35.5 Å². The highest BCUT2D eigenvalue weighted by atomic mass is 32.2. The lowest BCUT2D eigenvalue weighted by Crippen LogP contribution is -2.40. The maximum absolute atomic E-state index is 13.2. The maximum atomic E-state index is 13.2. The molecular formula is C22H22N4O4S. The molecule has 3 aromatic rings. The Morgan fingerprint density at radius 2 is 2.03 bits per heavy atom. The van der Waals surface area contributed by atoms with Crippen molar-refractivity contribution in [1.82, 2.24) is 14.3 Å². The highest BCUT2D eigenvalue weighted by Gasteiger charge is 2.34. The van der Waals surface area contributed by atoms with Crippen molar-refractivity contribution in [3.05, 3.63) is 53.9 Å². The quantitative estimate of drug-likeness (QED) is 0.632. The summed E-state index contributed by atoms with van der Waals surface area (Å²) in [4.78, 5) is 22.4. The van der Waals surface area contributed by atoms with E-state index in [1.165, 1.54) is 4.31 Å². The zero-order valence-corrected chi connectivity index (χ0v) is 17.9. The molecule has 5 rings (SSSR count). The number of pyridine rings is 1. The number of amides is 1. The number of nitrogens with one attached hydrogen (secondary N) is 1. The van der Waals surface area contributed by atoms with Crippen molar-refractivity contribution in [1.29, 1.82) is 0 Å². The monoisotopic (exact) mass is 438 g/mol. The minimum atomic E-state index is -3.67. The van der Waals surface area contributed by atoms with Crippen LogP contribution in [0.2, 0.25) is 0 Å². The maximum Gasteiger partial charge on any atom is 0.258 e. The van der Waals surface area contributed by atoms with Gasteiger partial charge in [-0.3, -0.25) is 4.79 Å². The topological polar surface area (TPSA) is 95.6 Å². The Morgan fingerprint density at radius 3 is 2.81 bits per heavy atom. The van der Waals surface area contributed by atoms with E-state index in [0.29, 0.717) is 44.0 Å². The van der Waals surface area contributed by atoms with Gasteiger partial charge < -0.3 is 14.6 Å². The van der Waals surface area contributed by atoms with Crippen molar-refractivity contribution < 1.29 is 17.9 Å². The van der Waals surface area contributed by atoms with E-state index >= 15 is 0 Å². The molecule has 1 fully saturated rings. The number of aromatic amines is 1. The largest absolute Gasteiger partial charge is 0.379 e. The number of benzene rings is 1. The van der Waals surface area contributed by atoms with Crippen molar-refractivity contribution in [3.8, 4) is 0 Å². The molecule has 2 aliphatic rings. The fraction of sp³-hybridized carbons (Fsp3) is 0.273. The molecule has 8 nitrogen and oxygen atoms in total. The standard InChI is InChI=1S/C22H22N4O4S/c1-2-26-20-6-5-16(31(28,29)25-8-10-30-11-9-25)13-18(20)19(22(26)27)12-15-14-24-21-17(15)4-3-7-23-21/h3-7,12-14H,2,8-11H2,1H3,(H,23,24)/b19-12+. The van der Waals surface area contributed by atoms with Gasteiger partial charge in [0, 0.05) is 54.1 Å². The van der Waals surface area contributed by atoms with Gasteiger partial charge in [0.1, 0.15) is 5.65 Å². The number of fused-ring (bicyclic) bond motifs is 2. The van der Waals surface area contributed by atoms with Gasteiger partial charge in [0.15, 0.2) is 0 Å². The molecule has 0 saturated carbocycles. The number of rotatable bonds is 4. The van der Waals surface area contributed by atoms with Crippen LogP contribution < -0.4 is 4.90 Å². The third-order valence-electron chi connectivity index (χ3n) is 5.73. The molecule has 0 unspecified atom stereocenters. The van der Waals surface area contributed by atoms with E-state index in [0.717, 1.165) is 22.3 Å². The predicted octanol–water partition coefficient (Wildman–Crippen LogP) is 2.49. The fourth-order valence-electron chi connectivity index (χ4n) is 4.14. The van der Waals surface area contributed by atoms with Crippen molar-refractivity contribution >= 4 is 44.3 Å². The number of aromatic nitrogens is 2. The van der Waals surface area contributed by atoms with Crippen LogP contribution in [-0.4, -0.2) is 61.4 Å². The van der Waals surface area contributed by atoms with Crippen molar-refractivity contribution in [2.75, 3.05) is 37.7 Å². The summed E-state index contributed by atoms with van der Waals surface area (Å²) >= 11 is 0. The molecule has 31 heavy (non-hydrogen) atoms. The van der Waals surface area contributed by atoms with Crippen LogP contribution in [0.15, 0.2) is 47.6 Å². The first-order valence-corrected chi connectivity index (χ1v) is 11.6. The molecule has 2 aromatic heterocycles. The van der Waals surface area contributed by atoms with E-state index < -0.39 is 10.0 Å². The van der Waals surface area contributed by atoms with Gasteiger partial charge in [-0.2, -0.15) is 4.31 Å². The number of nitrogens with zero attached hydrogens (tertiary/aromatic N) is 3. The lowest BCUT2D eigenvalue weighted by atomic mass is 10.0. The summed E-state index contributed by atoms with van der Waals surface area (Å²) in [5.41, 5.74) is 3.38. The third-order valence-corrected chi connectivity index (χ3v) is 7.63. The Labute approximate surface area is 180 Å². The van der Waals surface area contributed by atoms with Crippen LogP contribution >= 0.6 is 0 Å². The summed E-state index contributed by atoms with van der Waals surface area (Å²) in [6.07, 6.45) is 5.32. The molecule has 9 heteroatoms. The number of anilines is 1. The number of H-pyrrole nitrogens is 1. The zero-order valence-electron chi connectivity index (χ0n) is 17.0. The second-order valence-electron chi connectivity index (χ2n) is 7.45. The molecule has 0 atom stereocenters. The van der Waals surface area contributed by atoms with E-state index in [-0.39, 0.29) is 10.8 Å². The Kier molecular flexibility index (Phi) is 4.88. The van der Waals surface area contributed by atoms with Gasteiger partial charge in [-0.15, -0.1) is 0 Å². The van der Waals surface area contributed by atoms with Crippen molar-refractivity contribution in [2.45, 2.75) is 11.8 Å². The van der Waals surface area contributed by atoms with E-state index in [4.69, 9.17) is 4.74 Å². The summed E-state index contributed by atoms with van der Waals surface area (Å²) in [5.74, 6) is -0.142. The van der Waals surface area contributed by atoms with E-state index in [1.807, 2.05) is 25.1 Å². The summed E-state index contributed by atoms with van der Waals surface area (Å²) < 4.78 is 33.0. The van der Waals surface area contributed by atoms with Gasteiger partial charge >= 0.3 is 0 Å². The highest BCUT2D eigenvalue weighted by Crippen LogP contribution is 2.40. The number of carbonyl (C=O) groups is 1. The Bertz CT molecular complexity index is 1310. The van der Waals surface area contributed by atoms with Crippen molar-refractivity contribution in [2.24, 2.45) is 0 Å². The average molecular weight is 439 g/mol. The van der Waals surface area contributed by atoms with E-state index in [2.05, 4.69) is 9.97 Å². The zero-order chi connectivity index (χ0) is 21.6. The van der Waals surface area contributed by atoms with Crippen LogP contribution in [0.5, 0.6) is 0 Å². The van der Waals surface area contributed by atoms with Gasteiger partial charge in [0.2, 0.25) is 10.0 Å². The van der Waals surface area contributed by atoms with Crippen LogP contribution in [0, 0.1) is 0 Å². The first-order chi connectivity index (χ1) is 15.0. The molecule has 160 valence electrons. The summed E-state index contributed by atoms with van der Waals surface area (Å²) in [7, 11) is -3.67. The average Bonchev–Trinajstić information content (AvgIpc) is 3.33. The van der Waals surface area contributed by atoms with Crippen molar-refractivity contribution in [3.63, 3.8) is 0 Å². The molecule has 0 bridgehead atoms. The number of hydrogen-bond acceptors (Lipinski definition) is 5. The number of likely N-dealkylation sites (N-methyl/N-ethyl adjacent to an activating group) is 1. The van der Waals surface area contributed by atoms with Crippen LogP contribution in [0.4, 0.5) is 5.69 Å².